The summed E-state index contributed by atoms with van der Waals surface area (Å²) in [4.78, 5) is 0. The third-order valence-corrected chi connectivity index (χ3v) is 3.18. The van der Waals surface area contributed by atoms with E-state index in [1.807, 2.05) is 18.2 Å². The van der Waals surface area contributed by atoms with Crippen LogP contribution in [0.4, 0.5) is 0 Å². The van der Waals surface area contributed by atoms with Crippen LogP contribution in [-0.4, -0.2) is 13.2 Å². The molecule has 20 heavy (non-hydrogen) atoms. The Kier molecular flexibility index (Phi) is 6.34. The largest absolute Gasteiger partial charge is 0.490 e. The Morgan fingerprint density at radius 3 is 2.05 bits per heavy atom. The maximum Gasteiger partial charge on any atom is 0.161 e. The molecule has 3 heteroatoms. The molecule has 0 saturated carbocycles. The van der Waals surface area contributed by atoms with Crippen molar-refractivity contribution in [3.8, 4) is 11.5 Å². The molecule has 3 nitrogen and oxygen atoms in total. The molecule has 1 atom stereocenters. The van der Waals surface area contributed by atoms with Crippen LogP contribution in [0.2, 0.25) is 0 Å². The SMILES string of the molecule is CCCOc1ccc(C(N)C(C)(C)C)cc1OCCC. The molecule has 0 fully saturated rings. The van der Waals surface area contributed by atoms with Gasteiger partial charge in [0.25, 0.3) is 0 Å². The van der Waals surface area contributed by atoms with Crippen molar-refractivity contribution < 1.29 is 9.47 Å². The molecular formula is C17H29NO2. The Labute approximate surface area is 123 Å². The summed E-state index contributed by atoms with van der Waals surface area (Å²) in [6.45, 7) is 12.0. The zero-order chi connectivity index (χ0) is 15.2. The lowest BCUT2D eigenvalue weighted by atomic mass is 9.83. The number of hydrogen-bond acceptors (Lipinski definition) is 3. The maximum atomic E-state index is 6.32. The summed E-state index contributed by atoms with van der Waals surface area (Å²) in [5.41, 5.74) is 7.44. The zero-order valence-electron chi connectivity index (χ0n) is 13.5. The van der Waals surface area contributed by atoms with E-state index < -0.39 is 0 Å². The van der Waals surface area contributed by atoms with Crippen LogP contribution in [-0.2, 0) is 0 Å². The van der Waals surface area contributed by atoms with Crippen LogP contribution >= 0.6 is 0 Å². The van der Waals surface area contributed by atoms with E-state index in [9.17, 15) is 0 Å². The molecule has 0 aliphatic rings. The predicted molar refractivity (Wildman–Crippen MR) is 84.4 cm³/mol. The smallest absolute Gasteiger partial charge is 0.161 e. The molecule has 0 spiro atoms. The van der Waals surface area contributed by atoms with Crippen LogP contribution in [0.5, 0.6) is 11.5 Å². The predicted octanol–water partition coefficient (Wildman–Crippen LogP) is 4.31. The summed E-state index contributed by atoms with van der Waals surface area (Å²) in [5.74, 6) is 1.61. The van der Waals surface area contributed by atoms with Gasteiger partial charge < -0.3 is 15.2 Å². The lowest BCUT2D eigenvalue weighted by molar-refractivity contribution is 0.266. The van der Waals surface area contributed by atoms with E-state index >= 15 is 0 Å². The summed E-state index contributed by atoms with van der Waals surface area (Å²) >= 11 is 0. The molecule has 0 aliphatic carbocycles. The maximum absolute atomic E-state index is 6.32. The van der Waals surface area contributed by atoms with E-state index in [-0.39, 0.29) is 11.5 Å². The van der Waals surface area contributed by atoms with Gasteiger partial charge in [-0.2, -0.15) is 0 Å². The Bertz CT molecular complexity index is 410. The highest BCUT2D eigenvalue weighted by Gasteiger charge is 2.23. The van der Waals surface area contributed by atoms with Crippen molar-refractivity contribution >= 4 is 0 Å². The molecular weight excluding hydrogens is 250 g/mol. The Morgan fingerprint density at radius 1 is 1.00 bits per heavy atom. The van der Waals surface area contributed by atoms with Crippen molar-refractivity contribution in [2.24, 2.45) is 11.1 Å². The Morgan fingerprint density at radius 2 is 1.55 bits per heavy atom. The molecule has 0 radical (unpaired) electrons. The van der Waals surface area contributed by atoms with Crippen LogP contribution in [0, 0.1) is 5.41 Å². The van der Waals surface area contributed by atoms with E-state index in [2.05, 4.69) is 34.6 Å². The molecule has 0 amide bonds. The van der Waals surface area contributed by atoms with Crippen molar-refractivity contribution in [3.63, 3.8) is 0 Å². The summed E-state index contributed by atoms with van der Waals surface area (Å²) in [7, 11) is 0. The fourth-order valence-electron chi connectivity index (χ4n) is 1.87. The molecule has 114 valence electrons. The van der Waals surface area contributed by atoms with Gasteiger partial charge in [0, 0.05) is 6.04 Å². The molecule has 0 bridgehead atoms. The summed E-state index contributed by atoms with van der Waals surface area (Å²) < 4.78 is 11.5. The van der Waals surface area contributed by atoms with Crippen LogP contribution < -0.4 is 15.2 Å². The highest BCUT2D eigenvalue weighted by molar-refractivity contribution is 5.44. The lowest BCUT2D eigenvalue weighted by Crippen LogP contribution is -2.26. The average molecular weight is 279 g/mol. The summed E-state index contributed by atoms with van der Waals surface area (Å²) in [6.07, 6.45) is 1.96. The fraction of sp³-hybridized carbons (Fsp3) is 0.647. The van der Waals surface area contributed by atoms with Crippen LogP contribution in [0.3, 0.4) is 0 Å². The molecule has 0 aliphatic heterocycles. The van der Waals surface area contributed by atoms with Crippen molar-refractivity contribution in [2.75, 3.05) is 13.2 Å². The van der Waals surface area contributed by atoms with E-state index in [0.29, 0.717) is 13.2 Å². The second kappa shape index (κ2) is 7.53. The minimum absolute atomic E-state index is 0.0216. The topological polar surface area (TPSA) is 44.5 Å². The van der Waals surface area contributed by atoms with Crippen molar-refractivity contribution in [2.45, 2.75) is 53.5 Å². The highest BCUT2D eigenvalue weighted by atomic mass is 16.5. The van der Waals surface area contributed by atoms with Gasteiger partial charge in [-0.3, -0.25) is 0 Å². The van der Waals surface area contributed by atoms with E-state index in [1.165, 1.54) is 0 Å². The van der Waals surface area contributed by atoms with E-state index in [1.54, 1.807) is 0 Å². The molecule has 1 aromatic rings. The van der Waals surface area contributed by atoms with Crippen LogP contribution in [0.1, 0.15) is 59.1 Å². The monoisotopic (exact) mass is 279 g/mol. The summed E-state index contributed by atoms with van der Waals surface area (Å²) in [6, 6.07) is 6.02. The minimum atomic E-state index is -0.0216. The van der Waals surface area contributed by atoms with Gasteiger partial charge >= 0.3 is 0 Å². The molecule has 0 heterocycles. The number of hydrogen-bond donors (Lipinski definition) is 1. The van der Waals surface area contributed by atoms with Gasteiger partial charge in [0.2, 0.25) is 0 Å². The van der Waals surface area contributed by atoms with Gasteiger partial charge in [-0.05, 0) is 36.0 Å². The van der Waals surface area contributed by atoms with Gasteiger partial charge in [-0.15, -0.1) is 0 Å². The van der Waals surface area contributed by atoms with Crippen molar-refractivity contribution in [3.05, 3.63) is 23.8 Å². The first kappa shape index (κ1) is 16.8. The van der Waals surface area contributed by atoms with Crippen LogP contribution in [0.15, 0.2) is 18.2 Å². The first-order valence-corrected chi connectivity index (χ1v) is 7.55. The Balaban J connectivity index is 3.00. The zero-order valence-corrected chi connectivity index (χ0v) is 13.5. The van der Waals surface area contributed by atoms with E-state index in [4.69, 9.17) is 15.2 Å². The van der Waals surface area contributed by atoms with E-state index in [0.717, 1.165) is 29.9 Å². The first-order valence-electron chi connectivity index (χ1n) is 7.55. The number of rotatable bonds is 7. The lowest BCUT2D eigenvalue weighted by Gasteiger charge is -2.28. The molecule has 1 unspecified atom stereocenters. The molecule has 1 rings (SSSR count). The molecule has 1 aromatic carbocycles. The number of benzene rings is 1. The van der Waals surface area contributed by atoms with Gasteiger partial charge in [-0.25, -0.2) is 0 Å². The van der Waals surface area contributed by atoms with Gasteiger partial charge in [-0.1, -0.05) is 40.7 Å². The van der Waals surface area contributed by atoms with Gasteiger partial charge in [0.05, 0.1) is 13.2 Å². The van der Waals surface area contributed by atoms with Gasteiger partial charge in [0.1, 0.15) is 0 Å². The second-order valence-electron chi connectivity index (χ2n) is 6.25. The fourth-order valence-corrected chi connectivity index (χ4v) is 1.87. The minimum Gasteiger partial charge on any atom is -0.490 e. The third-order valence-electron chi connectivity index (χ3n) is 3.18. The third kappa shape index (κ3) is 4.71. The molecule has 2 N–H and O–H groups in total. The normalized spacial score (nSPS) is 13.1. The standard InChI is InChI=1S/C17H29NO2/c1-6-10-19-14-9-8-13(16(18)17(3,4)5)12-15(14)20-11-7-2/h8-9,12,16H,6-7,10-11,18H2,1-5H3. The number of ether oxygens (including phenoxy) is 2. The Hall–Kier alpha value is -1.22. The first-order chi connectivity index (χ1) is 9.40. The second-order valence-corrected chi connectivity index (χ2v) is 6.25. The number of nitrogens with two attached hydrogens (primary N) is 1. The van der Waals surface area contributed by atoms with Crippen molar-refractivity contribution in [1.29, 1.82) is 0 Å². The highest BCUT2D eigenvalue weighted by Crippen LogP contribution is 2.36. The summed E-state index contributed by atoms with van der Waals surface area (Å²) in [5, 5.41) is 0. The van der Waals surface area contributed by atoms with Crippen LogP contribution in [0.25, 0.3) is 0 Å². The van der Waals surface area contributed by atoms with Crippen molar-refractivity contribution in [1.82, 2.24) is 0 Å². The van der Waals surface area contributed by atoms with Gasteiger partial charge in [0.15, 0.2) is 11.5 Å². The molecule has 0 saturated heterocycles. The average Bonchev–Trinajstić information content (AvgIpc) is 2.41. The quantitative estimate of drug-likeness (QED) is 0.809. The molecule has 0 aromatic heterocycles.